The van der Waals surface area contributed by atoms with E-state index in [2.05, 4.69) is 13.8 Å². The molecule has 0 bridgehead atoms. The van der Waals surface area contributed by atoms with Gasteiger partial charge in [0.05, 0.1) is 6.23 Å². The molecule has 4 fully saturated rings. The van der Waals surface area contributed by atoms with E-state index in [1.54, 1.807) is 0 Å². The van der Waals surface area contributed by atoms with Crippen molar-refractivity contribution in [1.29, 1.82) is 0 Å². The second kappa shape index (κ2) is 11.6. The minimum atomic E-state index is -2.37. The fourth-order valence-corrected chi connectivity index (χ4v) is 21.9. The average molecular weight is 471 g/mol. The minimum Gasteiger partial charge on any atom is -0.420 e. The van der Waals surface area contributed by atoms with Crippen molar-refractivity contribution in [3.63, 3.8) is 0 Å². The lowest BCUT2D eigenvalue weighted by molar-refractivity contribution is 0.105. The summed E-state index contributed by atoms with van der Waals surface area (Å²) in [7, 11) is -5.73. The van der Waals surface area contributed by atoms with E-state index in [0.29, 0.717) is 11.5 Å². The van der Waals surface area contributed by atoms with E-state index >= 15 is 0 Å². The summed E-state index contributed by atoms with van der Waals surface area (Å²) in [6.45, 7) is 5.33. The van der Waals surface area contributed by atoms with E-state index in [-0.39, 0.29) is 0 Å². The Bertz CT molecular complexity index is 477. The lowest BCUT2D eigenvalue weighted by Gasteiger charge is -2.50. The molecule has 0 spiro atoms. The number of rotatable bonds is 7. The maximum Gasteiger partial charge on any atom is 0.350 e. The molecule has 0 N–H and O–H groups in total. The number of ether oxygens (including phenoxy) is 1. The normalized spacial score (nSPS) is 35.7. The van der Waals surface area contributed by atoms with E-state index < -0.39 is 27.1 Å². The van der Waals surface area contributed by atoms with E-state index in [1.807, 2.05) is 0 Å². The largest absolute Gasteiger partial charge is 0.420 e. The Morgan fingerprint density at radius 2 is 1.20 bits per heavy atom. The Kier molecular flexibility index (Phi) is 9.12. The summed E-state index contributed by atoms with van der Waals surface area (Å²) < 4.78 is 27.7. The molecule has 1 heterocycles. The standard InChI is InChI=1S/C23H46O4Si3/c1-20(2)18-24-19-30(23-16-10-5-11-17-23)26-28(21-12-6-3-7-13-21)25-29(27-30)22-14-8-4-9-15-22/h20-23,28-29H,3-19H2,1-2H3. The quantitative estimate of drug-likeness (QED) is 0.418. The van der Waals surface area contributed by atoms with Gasteiger partial charge < -0.3 is 17.1 Å². The molecule has 3 aliphatic carbocycles. The van der Waals surface area contributed by atoms with Crippen molar-refractivity contribution in [2.24, 2.45) is 5.92 Å². The second-order valence-corrected chi connectivity index (χ2v) is 20.0. The third-order valence-electron chi connectivity index (χ3n) is 7.95. The fraction of sp³-hybridized carbons (Fsp3) is 1.00. The molecule has 3 saturated carbocycles. The third kappa shape index (κ3) is 6.08. The zero-order valence-corrected chi connectivity index (χ0v) is 22.9. The molecule has 1 saturated heterocycles. The Morgan fingerprint density at radius 3 is 1.67 bits per heavy atom. The predicted octanol–water partition coefficient (Wildman–Crippen LogP) is 6.15. The first-order chi connectivity index (χ1) is 14.7. The van der Waals surface area contributed by atoms with Gasteiger partial charge in [0.2, 0.25) is 0 Å². The molecule has 4 nitrogen and oxygen atoms in total. The molecule has 0 radical (unpaired) electrons. The van der Waals surface area contributed by atoms with Crippen LogP contribution in [0.4, 0.5) is 0 Å². The lowest BCUT2D eigenvalue weighted by Crippen LogP contribution is -2.65. The van der Waals surface area contributed by atoms with E-state index in [4.69, 9.17) is 17.1 Å². The van der Waals surface area contributed by atoms with Gasteiger partial charge in [-0.15, -0.1) is 0 Å². The van der Waals surface area contributed by atoms with Crippen LogP contribution in [-0.2, 0) is 17.1 Å². The molecule has 0 aromatic rings. The van der Waals surface area contributed by atoms with Crippen LogP contribution in [0.2, 0.25) is 16.6 Å². The highest BCUT2D eigenvalue weighted by Gasteiger charge is 2.56. The van der Waals surface area contributed by atoms with Crippen molar-refractivity contribution in [2.75, 3.05) is 12.8 Å². The van der Waals surface area contributed by atoms with Crippen LogP contribution < -0.4 is 0 Å². The van der Waals surface area contributed by atoms with Gasteiger partial charge in [-0.2, -0.15) is 0 Å². The van der Waals surface area contributed by atoms with Crippen LogP contribution in [0, 0.1) is 5.92 Å². The monoisotopic (exact) mass is 470 g/mol. The van der Waals surface area contributed by atoms with Crippen molar-refractivity contribution < 1.29 is 17.1 Å². The molecule has 1 aliphatic heterocycles. The fourth-order valence-electron chi connectivity index (χ4n) is 6.19. The van der Waals surface area contributed by atoms with Crippen molar-refractivity contribution in [1.82, 2.24) is 0 Å². The van der Waals surface area contributed by atoms with Crippen molar-refractivity contribution >= 4 is 27.1 Å². The topological polar surface area (TPSA) is 36.9 Å². The second-order valence-electron chi connectivity index (χ2n) is 11.0. The molecule has 7 heteroatoms. The predicted molar refractivity (Wildman–Crippen MR) is 129 cm³/mol. The molecule has 4 rings (SSSR count). The number of hydrogen-bond acceptors (Lipinski definition) is 4. The maximum absolute atomic E-state index is 7.20. The summed E-state index contributed by atoms with van der Waals surface area (Å²) in [5, 5.41) is 0. The molecular formula is C23H46O4Si3. The Labute approximate surface area is 189 Å². The van der Waals surface area contributed by atoms with Crippen molar-refractivity contribution in [3.05, 3.63) is 0 Å². The molecule has 30 heavy (non-hydrogen) atoms. The molecule has 2 unspecified atom stereocenters. The van der Waals surface area contributed by atoms with Gasteiger partial charge in [0, 0.05) is 12.1 Å². The zero-order valence-electron chi connectivity index (χ0n) is 19.6. The highest BCUT2D eigenvalue weighted by Crippen LogP contribution is 2.46. The highest BCUT2D eigenvalue weighted by molar-refractivity contribution is 6.85. The van der Waals surface area contributed by atoms with Gasteiger partial charge in [0.25, 0.3) is 0 Å². The van der Waals surface area contributed by atoms with Crippen LogP contribution >= 0.6 is 0 Å². The molecule has 0 aromatic carbocycles. The Hall–Kier alpha value is 0.491. The molecule has 4 aliphatic rings. The van der Waals surface area contributed by atoms with Crippen LogP contribution in [-0.4, -0.2) is 40.0 Å². The van der Waals surface area contributed by atoms with E-state index in [1.165, 1.54) is 96.3 Å². The van der Waals surface area contributed by atoms with Gasteiger partial charge in [-0.05, 0) is 55.5 Å². The summed E-state index contributed by atoms with van der Waals surface area (Å²) >= 11 is 0. The molecule has 2 atom stereocenters. The Morgan fingerprint density at radius 1 is 0.733 bits per heavy atom. The molecule has 174 valence electrons. The van der Waals surface area contributed by atoms with E-state index in [9.17, 15) is 0 Å². The van der Waals surface area contributed by atoms with Gasteiger partial charge in [-0.1, -0.05) is 71.6 Å². The highest BCUT2D eigenvalue weighted by atomic mass is 28.5. The number of hydrogen-bond donors (Lipinski definition) is 0. The average Bonchev–Trinajstić information content (AvgIpc) is 2.80. The zero-order chi connectivity index (χ0) is 20.8. The first-order valence-corrected chi connectivity index (χ1v) is 18.6. The van der Waals surface area contributed by atoms with E-state index in [0.717, 1.165) is 23.9 Å². The van der Waals surface area contributed by atoms with Crippen LogP contribution in [0.1, 0.15) is 110 Å². The van der Waals surface area contributed by atoms with Gasteiger partial charge >= 0.3 is 27.1 Å². The minimum absolute atomic E-state index is 0.569. The van der Waals surface area contributed by atoms with Crippen LogP contribution in [0.5, 0.6) is 0 Å². The van der Waals surface area contributed by atoms with Gasteiger partial charge in [0.15, 0.2) is 0 Å². The molecule has 0 aromatic heterocycles. The lowest BCUT2D eigenvalue weighted by atomic mass is 10.0. The Balaban J connectivity index is 1.56. The summed E-state index contributed by atoms with van der Waals surface area (Å²) in [5.74, 6) is 0.569. The first-order valence-electron chi connectivity index (χ1n) is 13.2. The summed E-state index contributed by atoms with van der Waals surface area (Å²) in [4.78, 5) is 0. The van der Waals surface area contributed by atoms with Crippen LogP contribution in [0.15, 0.2) is 0 Å². The van der Waals surface area contributed by atoms with Crippen LogP contribution in [0.3, 0.4) is 0 Å². The SMILES string of the molecule is CC(C)COC[Si]1(C2CCCCC2)O[SiH](C2CCCCC2)O[SiH](C2CCCCC2)O1. The molecular weight excluding hydrogens is 425 g/mol. The molecule has 0 amide bonds. The third-order valence-corrected chi connectivity index (χ3v) is 20.4. The van der Waals surface area contributed by atoms with Gasteiger partial charge in [-0.25, -0.2) is 0 Å². The smallest absolute Gasteiger partial charge is 0.350 e. The summed E-state index contributed by atoms with van der Waals surface area (Å²) in [6, 6.07) is 0. The summed E-state index contributed by atoms with van der Waals surface area (Å²) in [5.41, 5.74) is 2.09. The van der Waals surface area contributed by atoms with Crippen molar-refractivity contribution in [2.45, 2.75) is 127 Å². The van der Waals surface area contributed by atoms with Gasteiger partial charge in [0.1, 0.15) is 0 Å². The summed E-state index contributed by atoms with van der Waals surface area (Å²) in [6.07, 6.45) is 21.1. The first kappa shape index (κ1) is 23.6. The van der Waals surface area contributed by atoms with Crippen LogP contribution in [0.25, 0.3) is 0 Å². The van der Waals surface area contributed by atoms with Gasteiger partial charge in [-0.3, -0.25) is 0 Å². The maximum atomic E-state index is 7.20. The van der Waals surface area contributed by atoms with Crippen molar-refractivity contribution in [3.8, 4) is 0 Å².